The molecule has 2 unspecified atom stereocenters. The maximum absolute atomic E-state index is 10.6. The summed E-state index contributed by atoms with van der Waals surface area (Å²) in [7, 11) is 0. The molecular formula is C7H10N2O4. The fraction of sp³-hybridized carbons (Fsp3) is 0.714. The Kier molecular flexibility index (Phi) is 1.58. The second kappa shape index (κ2) is 2.51. The summed E-state index contributed by atoms with van der Waals surface area (Å²) in [6, 6.07) is -0.236. The number of hydrogen-bond acceptors (Lipinski definition) is 2. The SMILES string of the molecule is O=C(O)N1CC2CC(C1)N2C(=O)O. The summed E-state index contributed by atoms with van der Waals surface area (Å²) < 4.78 is 0. The molecule has 0 aromatic heterocycles. The lowest BCUT2D eigenvalue weighted by Crippen LogP contribution is -2.70. The van der Waals surface area contributed by atoms with E-state index < -0.39 is 12.2 Å². The van der Waals surface area contributed by atoms with Gasteiger partial charge in [-0.2, -0.15) is 0 Å². The van der Waals surface area contributed by atoms with Crippen LogP contribution in [0.5, 0.6) is 0 Å². The van der Waals surface area contributed by atoms with Crippen LogP contribution in [0.1, 0.15) is 6.42 Å². The number of piperazine rings is 1. The quantitative estimate of drug-likeness (QED) is 0.562. The molecule has 0 saturated carbocycles. The van der Waals surface area contributed by atoms with Crippen LogP contribution in [0, 0.1) is 0 Å². The largest absolute Gasteiger partial charge is 0.465 e. The van der Waals surface area contributed by atoms with Gasteiger partial charge in [0.25, 0.3) is 0 Å². The van der Waals surface area contributed by atoms with Gasteiger partial charge in [0.2, 0.25) is 0 Å². The van der Waals surface area contributed by atoms with E-state index in [9.17, 15) is 9.59 Å². The number of hydrogen-bond donors (Lipinski definition) is 2. The summed E-state index contributed by atoms with van der Waals surface area (Å²) in [5, 5.41) is 17.4. The highest BCUT2D eigenvalue weighted by Crippen LogP contribution is 2.31. The molecule has 0 aromatic carbocycles. The topological polar surface area (TPSA) is 81.1 Å². The molecule has 3 saturated heterocycles. The highest BCUT2D eigenvalue weighted by atomic mass is 16.4. The average Bonchev–Trinajstić information content (AvgIpc) is 2.03. The third-order valence-electron chi connectivity index (χ3n) is 2.68. The minimum atomic E-state index is -0.959. The third kappa shape index (κ3) is 1.09. The molecule has 3 aliphatic heterocycles. The van der Waals surface area contributed by atoms with Crippen molar-refractivity contribution < 1.29 is 19.8 Å². The van der Waals surface area contributed by atoms with Crippen molar-refractivity contribution in [1.82, 2.24) is 9.80 Å². The molecule has 0 aromatic rings. The van der Waals surface area contributed by atoms with Gasteiger partial charge in [-0.15, -0.1) is 0 Å². The maximum atomic E-state index is 10.6. The van der Waals surface area contributed by atoms with Crippen LogP contribution in [0.4, 0.5) is 9.59 Å². The normalized spacial score (nSPS) is 31.1. The van der Waals surface area contributed by atoms with Crippen LogP contribution in [0.2, 0.25) is 0 Å². The summed E-state index contributed by atoms with van der Waals surface area (Å²) in [5.41, 5.74) is 0. The molecule has 3 rings (SSSR count). The molecule has 72 valence electrons. The van der Waals surface area contributed by atoms with Gasteiger partial charge in [-0.1, -0.05) is 0 Å². The van der Waals surface area contributed by atoms with Gasteiger partial charge in [0.05, 0.1) is 12.1 Å². The zero-order valence-electron chi connectivity index (χ0n) is 6.88. The smallest absolute Gasteiger partial charge is 0.407 e. The molecule has 0 spiro atoms. The van der Waals surface area contributed by atoms with Gasteiger partial charge in [-0.3, -0.25) is 4.90 Å². The minimum absolute atomic E-state index is 0.118. The molecule has 2 atom stereocenters. The van der Waals surface area contributed by atoms with E-state index in [1.807, 2.05) is 0 Å². The Balaban J connectivity index is 2.02. The van der Waals surface area contributed by atoms with E-state index in [0.717, 1.165) is 6.42 Å². The molecule has 13 heavy (non-hydrogen) atoms. The Hall–Kier alpha value is -1.46. The summed E-state index contributed by atoms with van der Waals surface area (Å²) >= 11 is 0. The van der Waals surface area contributed by atoms with Gasteiger partial charge in [-0.25, -0.2) is 9.59 Å². The van der Waals surface area contributed by atoms with Crippen molar-refractivity contribution in [3.63, 3.8) is 0 Å². The highest BCUT2D eigenvalue weighted by Gasteiger charge is 2.48. The lowest BCUT2D eigenvalue weighted by atomic mass is 9.88. The van der Waals surface area contributed by atoms with Crippen molar-refractivity contribution in [3.8, 4) is 0 Å². The Morgan fingerprint density at radius 3 is 2.00 bits per heavy atom. The monoisotopic (exact) mass is 186 g/mol. The number of amides is 2. The summed E-state index contributed by atoms with van der Waals surface area (Å²) in [4.78, 5) is 23.8. The molecule has 3 heterocycles. The fourth-order valence-electron chi connectivity index (χ4n) is 2.08. The Labute approximate surface area is 74.3 Å². The zero-order valence-corrected chi connectivity index (χ0v) is 6.88. The second-order valence-electron chi connectivity index (χ2n) is 3.42. The first kappa shape index (κ1) is 8.15. The summed E-state index contributed by atoms with van der Waals surface area (Å²) in [5.74, 6) is 0. The van der Waals surface area contributed by atoms with Crippen molar-refractivity contribution >= 4 is 12.2 Å². The van der Waals surface area contributed by atoms with Gasteiger partial charge in [0.1, 0.15) is 0 Å². The standard InChI is InChI=1S/C7H10N2O4/c10-6(11)8-2-4-1-5(3-8)9(4)7(12)13/h4-5H,1-3H2,(H,10,11)(H,12,13). The Morgan fingerprint density at radius 1 is 1.08 bits per heavy atom. The lowest BCUT2D eigenvalue weighted by molar-refractivity contribution is -0.0434. The van der Waals surface area contributed by atoms with Crippen LogP contribution in [-0.2, 0) is 0 Å². The molecule has 2 amide bonds. The maximum Gasteiger partial charge on any atom is 0.407 e. The molecule has 3 aliphatic rings. The van der Waals surface area contributed by atoms with Gasteiger partial charge < -0.3 is 15.1 Å². The first-order valence-corrected chi connectivity index (χ1v) is 4.08. The fourth-order valence-corrected chi connectivity index (χ4v) is 2.08. The number of carbonyl (C=O) groups is 2. The van der Waals surface area contributed by atoms with Crippen LogP contribution in [0.15, 0.2) is 0 Å². The van der Waals surface area contributed by atoms with Gasteiger partial charge in [-0.05, 0) is 6.42 Å². The van der Waals surface area contributed by atoms with Crippen LogP contribution < -0.4 is 0 Å². The van der Waals surface area contributed by atoms with Crippen LogP contribution in [0.25, 0.3) is 0 Å². The van der Waals surface area contributed by atoms with Crippen molar-refractivity contribution in [2.45, 2.75) is 18.5 Å². The first-order valence-electron chi connectivity index (χ1n) is 4.08. The van der Waals surface area contributed by atoms with Crippen LogP contribution in [0.3, 0.4) is 0 Å². The molecule has 2 bridgehead atoms. The van der Waals surface area contributed by atoms with Gasteiger partial charge in [0.15, 0.2) is 0 Å². The zero-order chi connectivity index (χ0) is 9.59. The molecule has 6 heteroatoms. The Morgan fingerprint density at radius 2 is 1.62 bits per heavy atom. The number of carboxylic acid groups (broad SMARTS) is 2. The van der Waals surface area contributed by atoms with Crippen molar-refractivity contribution in [2.75, 3.05) is 13.1 Å². The minimum Gasteiger partial charge on any atom is -0.465 e. The Bertz CT molecular complexity index is 255. The summed E-state index contributed by atoms with van der Waals surface area (Å²) in [6.07, 6.45) is -1.10. The average molecular weight is 186 g/mol. The predicted molar refractivity (Wildman–Crippen MR) is 41.7 cm³/mol. The molecule has 0 aliphatic carbocycles. The first-order chi connectivity index (χ1) is 6.09. The van der Waals surface area contributed by atoms with E-state index >= 15 is 0 Å². The molecule has 2 N–H and O–H groups in total. The molecule has 3 fully saturated rings. The highest BCUT2D eigenvalue weighted by molar-refractivity contribution is 5.70. The van der Waals surface area contributed by atoms with E-state index in [4.69, 9.17) is 10.2 Å². The molecular weight excluding hydrogens is 176 g/mol. The van der Waals surface area contributed by atoms with E-state index in [1.54, 1.807) is 0 Å². The molecule has 6 nitrogen and oxygen atoms in total. The van der Waals surface area contributed by atoms with E-state index in [2.05, 4.69) is 0 Å². The van der Waals surface area contributed by atoms with E-state index in [1.165, 1.54) is 9.80 Å². The lowest BCUT2D eigenvalue weighted by Gasteiger charge is -2.53. The number of nitrogens with zero attached hydrogens (tertiary/aromatic N) is 2. The van der Waals surface area contributed by atoms with E-state index in [-0.39, 0.29) is 12.1 Å². The number of rotatable bonds is 0. The van der Waals surface area contributed by atoms with Gasteiger partial charge in [0, 0.05) is 13.1 Å². The van der Waals surface area contributed by atoms with Crippen molar-refractivity contribution in [3.05, 3.63) is 0 Å². The van der Waals surface area contributed by atoms with Gasteiger partial charge >= 0.3 is 12.2 Å². The van der Waals surface area contributed by atoms with Crippen molar-refractivity contribution in [2.24, 2.45) is 0 Å². The second-order valence-corrected chi connectivity index (χ2v) is 3.42. The number of fused-ring (bicyclic) bond motifs is 2. The predicted octanol–water partition coefficient (Wildman–Crippen LogP) is 0.101. The molecule has 0 radical (unpaired) electrons. The van der Waals surface area contributed by atoms with Crippen molar-refractivity contribution in [1.29, 1.82) is 0 Å². The van der Waals surface area contributed by atoms with E-state index in [0.29, 0.717) is 13.1 Å². The van der Waals surface area contributed by atoms with Crippen LogP contribution in [-0.4, -0.2) is 57.4 Å². The third-order valence-corrected chi connectivity index (χ3v) is 2.68. The number of piperidine rings is 1. The summed E-state index contributed by atoms with van der Waals surface area (Å²) in [6.45, 7) is 0.635. The van der Waals surface area contributed by atoms with Crippen LogP contribution >= 0.6 is 0 Å².